The number of imide groups is 1. The van der Waals surface area contributed by atoms with E-state index in [2.05, 4.69) is 15.2 Å². The van der Waals surface area contributed by atoms with Crippen molar-refractivity contribution in [1.82, 2.24) is 24.8 Å². The standard InChI is InChI=1S/C30H32N6O4S2/c1-19-18-24(38)36(30(19)39)33-28-25-20(2)26(42-29(25)32-27(31-28)23-4-3-17-41-23)21-5-7-22(8-6-21)40-16-14-35-11-9-34(10-12-35)13-15-37/h3-8,17-18,37H,9-16H2,1-2H3,(H,31,32,33). The molecule has 2 aliphatic heterocycles. The predicted molar refractivity (Wildman–Crippen MR) is 166 cm³/mol. The molecule has 5 heterocycles. The van der Waals surface area contributed by atoms with Crippen LogP contribution < -0.4 is 10.2 Å². The summed E-state index contributed by atoms with van der Waals surface area (Å²) in [5, 5.41) is 12.9. The van der Waals surface area contributed by atoms with Gasteiger partial charge in [0.25, 0.3) is 11.8 Å². The van der Waals surface area contributed by atoms with Crippen molar-refractivity contribution in [2.75, 3.05) is 57.9 Å². The lowest BCUT2D eigenvalue weighted by Crippen LogP contribution is -2.48. The molecule has 4 aromatic rings. The van der Waals surface area contributed by atoms with Crippen molar-refractivity contribution in [3.8, 4) is 26.9 Å². The lowest BCUT2D eigenvalue weighted by Gasteiger charge is -2.34. The van der Waals surface area contributed by atoms with Crippen LogP contribution in [0.15, 0.2) is 53.4 Å². The first-order valence-electron chi connectivity index (χ1n) is 13.9. The number of nitrogens with zero attached hydrogens (tertiary/aromatic N) is 5. The van der Waals surface area contributed by atoms with Gasteiger partial charge in [0.1, 0.15) is 17.2 Å². The molecule has 2 aliphatic rings. The lowest BCUT2D eigenvalue weighted by atomic mass is 10.1. The second-order valence-electron chi connectivity index (χ2n) is 10.3. The summed E-state index contributed by atoms with van der Waals surface area (Å²) < 4.78 is 6.05. The molecule has 10 nitrogen and oxygen atoms in total. The summed E-state index contributed by atoms with van der Waals surface area (Å²) in [4.78, 5) is 42.1. The molecule has 0 spiro atoms. The maximum Gasteiger partial charge on any atom is 0.275 e. The van der Waals surface area contributed by atoms with E-state index in [0.717, 1.165) is 81.1 Å². The first kappa shape index (κ1) is 28.4. The number of aryl methyl sites for hydroxylation is 1. The van der Waals surface area contributed by atoms with Crippen LogP contribution in [0, 0.1) is 6.92 Å². The molecule has 2 amide bonds. The minimum atomic E-state index is -0.422. The van der Waals surface area contributed by atoms with Gasteiger partial charge in [-0.2, -0.15) is 5.01 Å². The first-order chi connectivity index (χ1) is 20.4. The molecule has 0 aliphatic carbocycles. The van der Waals surface area contributed by atoms with Gasteiger partial charge in [-0.05, 0) is 60.7 Å². The smallest absolute Gasteiger partial charge is 0.275 e. The molecule has 1 saturated heterocycles. The summed E-state index contributed by atoms with van der Waals surface area (Å²) in [6.45, 7) is 9.97. The Kier molecular flexibility index (Phi) is 8.31. The van der Waals surface area contributed by atoms with Crippen molar-refractivity contribution in [2.24, 2.45) is 0 Å². The van der Waals surface area contributed by atoms with Crippen molar-refractivity contribution < 1.29 is 19.4 Å². The molecule has 0 bridgehead atoms. The van der Waals surface area contributed by atoms with Gasteiger partial charge in [0.05, 0.1) is 16.9 Å². The van der Waals surface area contributed by atoms with E-state index in [9.17, 15) is 9.59 Å². The number of hydrogen-bond donors (Lipinski definition) is 2. The van der Waals surface area contributed by atoms with E-state index in [4.69, 9.17) is 19.8 Å². The molecule has 1 fully saturated rings. The largest absolute Gasteiger partial charge is 0.492 e. The average Bonchev–Trinajstić information content (AvgIpc) is 3.70. The number of benzene rings is 1. The van der Waals surface area contributed by atoms with Crippen molar-refractivity contribution in [3.63, 3.8) is 0 Å². The van der Waals surface area contributed by atoms with Gasteiger partial charge in [-0.1, -0.05) is 6.07 Å². The van der Waals surface area contributed by atoms with Crippen LogP contribution in [-0.4, -0.2) is 94.2 Å². The van der Waals surface area contributed by atoms with Crippen molar-refractivity contribution >= 4 is 50.5 Å². The van der Waals surface area contributed by atoms with Gasteiger partial charge in [0.15, 0.2) is 11.6 Å². The van der Waals surface area contributed by atoms with Crippen molar-refractivity contribution in [2.45, 2.75) is 13.8 Å². The van der Waals surface area contributed by atoms with Crippen LogP contribution in [-0.2, 0) is 9.59 Å². The molecule has 3 aromatic heterocycles. The SMILES string of the molecule is CC1=CC(=O)N(Nc2nc(-c3cccs3)nc3sc(-c4ccc(OCCN5CCN(CCO)CC5)cc4)c(C)c23)C1=O. The van der Waals surface area contributed by atoms with Crippen LogP contribution >= 0.6 is 22.7 Å². The number of β-amino-alcohol motifs (C(OH)–C–C–N with tert-alkyl or cyclic N) is 1. The highest BCUT2D eigenvalue weighted by atomic mass is 32.1. The number of thiophene rings is 2. The third kappa shape index (κ3) is 5.81. The maximum atomic E-state index is 12.6. The number of hydrazine groups is 1. The van der Waals surface area contributed by atoms with Gasteiger partial charge in [0, 0.05) is 55.8 Å². The van der Waals surface area contributed by atoms with Gasteiger partial charge >= 0.3 is 0 Å². The number of ether oxygens (including phenoxy) is 1. The minimum Gasteiger partial charge on any atom is -0.492 e. The molecule has 12 heteroatoms. The zero-order chi connectivity index (χ0) is 29.2. The number of aliphatic hydroxyl groups is 1. The Morgan fingerprint density at radius 2 is 1.74 bits per heavy atom. The van der Waals surface area contributed by atoms with E-state index in [-0.39, 0.29) is 6.61 Å². The van der Waals surface area contributed by atoms with Crippen LogP contribution in [0.25, 0.3) is 31.4 Å². The fourth-order valence-electron chi connectivity index (χ4n) is 5.18. The van der Waals surface area contributed by atoms with Crippen molar-refractivity contribution in [1.29, 1.82) is 0 Å². The second-order valence-corrected chi connectivity index (χ2v) is 12.3. The number of carbonyl (C=O) groups excluding carboxylic acids is 2. The Morgan fingerprint density at radius 1 is 1.00 bits per heavy atom. The molecule has 0 atom stereocenters. The minimum absolute atomic E-state index is 0.208. The topological polar surface area (TPSA) is 111 Å². The normalized spacial score (nSPS) is 16.5. The summed E-state index contributed by atoms with van der Waals surface area (Å²) in [6, 6.07) is 11.9. The monoisotopic (exact) mass is 604 g/mol. The van der Waals surface area contributed by atoms with E-state index in [1.165, 1.54) is 17.4 Å². The predicted octanol–water partition coefficient (Wildman–Crippen LogP) is 4.03. The molecular weight excluding hydrogens is 573 g/mol. The third-order valence-corrected chi connectivity index (χ3v) is 9.62. The van der Waals surface area contributed by atoms with Gasteiger partial charge in [-0.3, -0.25) is 24.8 Å². The number of amides is 2. The molecule has 42 heavy (non-hydrogen) atoms. The average molecular weight is 605 g/mol. The van der Waals surface area contributed by atoms with Crippen LogP contribution in [0.4, 0.5) is 5.82 Å². The zero-order valence-corrected chi connectivity index (χ0v) is 25.1. The summed E-state index contributed by atoms with van der Waals surface area (Å²) in [5.74, 6) is 0.958. The Hall–Kier alpha value is -3.68. The number of carbonyl (C=O) groups is 2. The second kappa shape index (κ2) is 12.3. The number of nitrogens with one attached hydrogen (secondary N) is 1. The van der Waals surface area contributed by atoms with Crippen molar-refractivity contribution in [3.05, 3.63) is 59.0 Å². The highest BCUT2D eigenvalue weighted by Crippen LogP contribution is 2.42. The van der Waals surface area contributed by atoms with Gasteiger partial charge in [-0.15, -0.1) is 22.7 Å². The van der Waals surface area contributed by atoms with Gasteiger partial charge in [-0.25, -0.2) is 9.97 Å². The van der Waals surface area contributed by atoms with Crippen LogP contribution in [0.1, 0.15) is 12.5 Å². The van der Waals surface area contributed by atoms with Gasteiger partial charge in [0.2, 0.25) is 0 Å². The Labute approximate surface area is 251 Å². The Balaban J connectivity index is 1.21. The molecule has 0 saturated carbocycles. The summed E-state index contributed by atoms with van der Waals surface area (Å²) in [7, 11) is 0. The summed E-state index contributed by atoms with van der Waals surface area (Å²) in [6.07, 6.45) is 1.32. The highest BCUT2D eigenvalue weighted by molar-refractivity contribution is 7.22. The first-order valence-corrected chi connectivity index (χ1v) is 15.6. The maximum absolute atomic E-state index is 12.6. The number of piperazine rings is 1. The van der Waals surface area contributed by atoms with E-state index in [0.29, 0.717) is 23.8 Å². The summed E-state index contributed by atoms with van der Waals surface area (Å²) >= 11 is 3.08. The molecule has 0 radical (unpaired) electrons. The number of aliphatic hydroxyl groups excluding tert-OH is 1. The third-order valence-electron chi connectivity index (χ3n) is 7.52. The van der Waals surface area contributed by atoms with E-state index in [1.807, 2.05) is 48.7 Å². The van der Waals surface area contributed by atoms with E-state index < -0.39 is 11.8 Å². The number of rotatable bonds is 10. The zero-order valence-electron chi connectivity index (χ0n) is 23.5. The Bertz CT molecular complexity index is 1630. The lowest BCUT2D eigenvalue weighted by molar-refractivity contribution is -0.135. The van der Waals surface area contributed by atoms with E-state index >= 15 is 0 Å². The number of anilines is 1. The number of fused-ring (bicyclic) bond motifs is 1. The number of aromatic nitrogens is 2. The Morgan fingerprint density at radius 3 is 2.38 bits per heavy atom. The summed E-state index contributed by atoms with van der Waals surface area (Å²) in [5.41, 5.74) is 5.36. The molecule has 0 unspecified atom stereocenters. The fourth-order valence-corrected chi connectivity index (χ4v) is 7.03. The van der Waals surface area contributed by atoms with E-state index in [1.54, 1.807) is 18.3 Å². The highest BCUT2D eigenvalue weighted by Gasteiger charge is 2.30. The molecule has 6 rings (SSSR count). The van der Waals surface area contributed by atoms with Crippen LogP contribution in [0.5, 0.6) is 5.75 Å². The fraction of sp³-hybridized carbons (Fsp3) is 0.333. The number of hydrogen-bond acceptors (Lipinski definition) is 11. The van der Waals surface area contributed by atoms with Crippen LogP contribution in [0.2, 0.25) is 0 Å². The molecule has 2 N–H and O–H groups in total. The molecule has 218 valence electrons. The molecule has 1 aromatic carbocycles. The molecular formula is C30H32N6O4S2. The van der Waals surface area contributed by atoms with Gasteiger partial charge < -0.3 is 9.84 Å². The quantitative estimate of drug-likeness (QED) is 0.259. The van der Waals surface area contributed by atoms with Crippen LogP contribution in [0.3, 0.4) is 0 Å².